The number of pyridine rings is 1. The summed E-state index contributed by atoms with van der Waals surface area (Å²) in [6.07, 6.45) is 5.64. The van der Waals surface area contributed by atoms with Crippen LogP contribution in [0.5, 0.6) is 0 Å². The van der Waals surface area contributed by atoms with Gasteiger partial charge in [-0.25, -0.2) is 4.98 Å². The van der Waals surface area contributed by atoms with Gasteiger partial charge < -0.3 is 0 Å². The molecule has 2 rings (SSSR count). The Kier molecular flexibility index (Phi) is 3.27. The Hall–Kier alpha value is -0.600. The van der Waals surface area contributed by atoms with Gasteiger partial charge in [0.15, 0.2) is 5.78 Å². The maximum absolute atomic E-state index is 12.0. The predicted octanol–water partition coefficient (Wildman–Crippen LogP) is 3.76. The Labute approximate surface area is 98.6 Å². The highest BCUT2D eigenvalue weighted by Crippen LogP contribution is 2.30. The lowest BCUT2D eigenvalue weighted by atomic mass is 10.00. The Balaban J connectivity index is 2.24. The first-order valence-electron chi connectivity index (χ1n) is 5.04. The molecule has 1 fully saturated rings. The second kappa shape index (κ2) is 4.50. The van der Waals surface area contributed by atoms with Crippen molar-refractivity contribution in [1.82, 2.24) is 4.98 Å². The third kappa shape index (κ3) is 2.32. The van der Waals surface area contributed by atoms with Crippen LogP contribution < -0.4 is 0 Å². The number of halogens is 2. The highest BCUT2D eigenvalue weighted by molar-refractivity contribution is 6.36. The molecule has 0 bridgehead atoms. The minimum Gasteiger partial charge on any atom is -0.292 e. The molecule has 0 atom stereocenters. The molecule has 1 saturated carbocycles. The number of aromatic nitrogens is 1. The van der Waals surface area contributed by atoms with Crippen molar-refractivity contribution in [2.45, 2.75) is 25.7 Å². The SMILES string of the molecule is O=C(c1ncc(Cl)cc1Cl)C1CCCC1. The van der Waals surface area contributed by atoms with Gasteiger partial charge in [0.2, 0.25) is 0 Å². The molecule has 80 valence electrons. The van der Waals surface area contributed by atoms with Gasteiger partial charge in [0, 0.05) is 12.1 Å². The second-order valence-electron chi connectivity index (χ2n) is 3.83. The van der Waals surface area contributed by atoms with Crippen molar-refractivity contribution in [3.63, 3.8) is 0 Å². The van der Waals surface area contributed by atoms with Crippen molar-refractivity contribution >= 4 is 29.0 Å². The molecule has 0 amide bonds. The lowest BCUT2D eigenvalue weighted by Crippen LogP contribution is -2.13. The van der Waals surface area contributed by atoms with Crippen LogP contribution in [0.15, 0.2) is 12.3 Å². The maximum Gasteiger partial charge on any atom is 0.185 e. The number of nitrogens with zero attached hydrogens (tertiary/aromatic N) is 1. The van der Waals surface area contributed by atoms with E-state index in [0.29, 0.717) is 15.7 Å². The fraction of sp³-hybridized carbons (Fsp3) is 0.455. The zero-order chi connectivity index (χ0) is 10.8. The first-order chi connectivity index (χ1) is 7.18. The zero-order valence-corrected chi connectivity index (χ0v) is 9.68. The van der Waals surface area contributed by atoms with Crippen LogP contribution in [0, 0.1) is 5.92 Å². The van der Waals surface area contributed by atoms with Crippen molar-refractivity contribution in [2.24, 2.45) is 5.92 Å². The highest BCUT2D eigenvalue weighted by Gasteiger charge is 2.26. The molecule has 0 saturated heterocycles. The number of hydrogen-bond donors (Lipinski definition) is 0. The van der Waals surface area contributed by atoms with Gasteiger partial charge >= 0.3 is 0 Å². The molecule has 0 N–H and O–H groups in total. The van der Waals surface area contributed by atoms with Crippen LogP contribution in [0.4, 0.5) is 0 Å². The maximum atomic E-state index is 12.0. The summed E-state index contributed by atoms with van der Waals surface area (Å²) < 4.78 is 0. The lowest BCUT2D eigenvalue weighted by Gasteiger charge is -2.08. The molecule has 2 nitrogen and oxygen atoms in total. The van der Waals surface area contributed by atoms with E-state index in [9.17, 15) is 4.79 Å². The van der Waals surface area contributed by atoms with Gasteiger partial charge in [0.1, 0.15) is 5.69 Å². The fourth-order valence-corrected chi connectivity index (χ4v) is 2.45. The molecular weight excluding hydrogens is 233 g/mol. The van der Waals surface area contributed by atoms with Crippen LogP contribution in [0.3, 0.4) is 0 Å². The van der Waals surface area contributed by atoms with Gasteiger partial charge in [-0.15, -0.1) is 0 Å². The summed E-state index contributed by atoms with van der Waals surface area (Å²) >= 11 is 11.7. The van der Waals surface area contributed by atoms with Crippen molar-refractivity contribution in [2.75, 3.05) is 0 Å². The van der Waals surface area contributed by atoms with Crippen LogP contribution in [0.1, 0.15) is 36.2 Å². The van der Waals surface area contributed by atoms with E-state index in [0.717, 1.165) is 25.7 Å². The van der Waals surface area contributed by atoms with E-state index >= 15 is 0 Å². The molecule has 1 aliphatic carbocycles. The van der Waals surface area contributed by atoms with E-state index in [2.05, 4.69) is 4.98 Å². The van der Waals surface area contributed by atoms with Gasteiger partial charge in [-0.3, -0.25) is 4.79 Å². The summed E-state index contributed by atoms with van der Waals surface area (Å²) in [7, 11) is 0. The third-order valence-electron chi connectivity index (χ3n) is 2.77. The average molecular weight is 244 g/mol. The number of ketones is 1. The van der Waals surface area contributed by atoms with E-state index in [1.807, 2.05) is 0 Å². The van der Waals surface area contributed by atoms with E-state index in [1.54, 1.807) is 6.07 Å². The standard InChI is InChI=1S/C11H11Cl2NO/c12-8-5-9(13)10(14-6-8)11(15)7-3-1-2-4-7/h5-7H,1-4H2. The topological polar surface area (TPSA) is 30.0 Å². The Morgan fingerprint density at radius 3 is 2.60 bits per heavy atom. The van der Waals surface area contributed by atoms with Gasteiger partial charge in [0.05, 0.1) is 10.0 Å². The zero-order valence-electron chi connectivity index (χ0n) is 8.17. The number of carbonyl (C=O) groups excluding carboxylic acids is 1. The third-order valence-corrected chi connectivity index (χ3v) is 3.26. The summed E-state index contributed by atoms with van der Waals surface area (Å²) in [6.45, 7) is 0. The van der Waals surface area contributed by atoms with Crippen molar-refractivity contribution < 1.29 is 4.79 Å². The van der Waals surface area contributed by atoms with E-state index < -0.39 is 0 Å². The normalized spacial score (nSPS) is 16.9. The van der Waals surface area contributed by atoms with Crippen molar-refractivity contribution in [3.05, 3.63) is 28.0 Å². The van der Waals surface area contributed by atoms with Crippen LogP contribution in [0.25, 0.3) is 0 Å². The minimum atomic E-state index is 0.0640. The van der Waals surface area contributed by atoms with Crippen LogP contribution in [-0.4, -0.2) is 10.8 Å². The Morgan fingerprint density at radius 2 is 2.00 bits per heavy atom. The molecule has 1 aliphatic rings. The first-order valence-corrected chi connectivity index (χ1v) is 5.79. The smallest absolute Gasteiger partial charge is 0.185 e. The van der Waals surface area contributed by atoms with E-state index in [4.69, 9.17) is 23.2 Å². The van der Waals surface area contributed by atoms with E-state index in [-0.39, 0.29) is 11.7 Å². The predicted molar refractivity (Wildman–Crippen MR) is 60.5 cm³/mol. The molecule has 1 aromatic rings. The summed E-state index contributed by atoms with van der Waals surface area (Å²) in [5, 5.41) is 0.822. The summed E-state index contributed by atoms with van der Waals surface area (Å²) in [5.41, 5.74) is 0.368. The molecule has 1 heterocycles. The van der Waals surface area contributed by atoms with Gasteiger partial charge in [-0.05, 0) is 18.9 Å². The van der Waals surface area contributed by atoms with Crippen LogP contribution in [0.2, 0.25) is 10.0 Å². The molecule has 15 heavy (non-hydrogen) atoms. The number of Topliss-reactive ketones (excluding diaryl/α,β-unsaturated/α-hetero) is 1. The number of rotatable bonds is 2. The average Bonchev–Trinajstić information content (AvgIpc) is 2.69. The largest absolute Gasteiger partial charge is 0.292 e. The van der Waals surface area contributed by atoms with Gasteiger partial charge in [-0.1, -0.05) is 36.0 Å². The quantitative estimate of drug-likeness (QED) is 0.741. The first kappa shape index (κ1) is 10.9. The lowest BCUT2D eigenvalue weighted by molar-refractivity contribution is 0.0918. The fourth-order valence-electron chi connectivity index (χ4n) is 1.98. The van der Waals surface area contributed by atoms with Gasteiger partial charge in [-0.2, -0.15) is 0 Å². The molecule has 0 radical (unpaired) electrons. The summed E-state index contributed by atoms with van der Waals surface area (Å²) in [4.78, 5) is 16.0. The molecule has 0 spiro atoms. The number of carbonyl (C=O) groups is 1. The molecular formula is C11H11Cl2NO. The van der Waals surface area contributed by atoms with Crippen LogP contribution >= 0.6 is 23.2 Å². The molecule has 0 aromatic carbocycles. The Bertz CT molecular complexity index is 386. The van der Waals surface area contributed by atoms with Crippen LogP contribution in [-0.2, 0) is 0 Å². The minimum absolute atomic E-state index is 0.0640. The summed E-state index contributed by atoms with van der Waals surface area (Å²) in [6, 6.07) is 1.57. The van der Waals surface area contributed by atoms with Crippen molar-refractivity contribution in [1.29, 1.82) is 0 Å². The van der Waals surface area contributed by atoms with E-state index in [1.165, 1.54) is 6.20 Å². The number of hydrogen-bond acceptors (Lipinski definition) is 2. The molecule has 1 aromatic heterocycles. The van der Waals surface area contributed by atoms with Crippen molar-refractivity contribution in [3.8, 4) is 0 Å². The second-order valence-corrected chi connectivity index (χ2v) is 4.67. The monoisotopic (exact) mass is 243 g/mol. The summed E-state index contributed by atoms with van der Waals surface area (Å²) in [5.74, 6) is 0.172. The molecule has 0 unspecified atom stereocenters. The van der Waals surface area contributed by atoms with Gasteiger partial charge in [0.25, 0.3) is 0 Å². The molecule has 0 aliphatic heterocycles. The highest BCUT2D eigenvalue weighted by atomic mass is 35.5. The molecule has 4 heteroatoms. The Morgan fingerprint density at radius 1 is 1.33 bits per heavy atom.